The van der Waals surface area contributed by atoms with E-state index in [0.717, 1.165) is 18.0 Å². The van der Waals surface area contributed by atoms with Crippen molar-refractivity contribution in [2.45, 2.75) is 39.8 Å². The molecule has 0 spiro atoms. The number of hydrogen-bond donors (Lipinski definition) is 1. The normalized spacial score (nSPS) is 12.4. The predicted molar refractivity (Wildman–Crippen MR) is 86.7 cm³/mol. The van der Waals surface area contributed by atoms with Crippen LogP contribution in [0.4, 0.5) is 0 Å². The van der Waals surface area contributed by atoms with Crippen molar-refractivity contribution in [2.75, 3.05) is 6.54 Å². The summed E-state index contributed by atoms with van der Waals surface area (Å²) in [5.41, 5.74) is 3.40. The van der Waals surface area contributed by atoms with Gasteiger partial charge in [0, 0.05) is 17.5 Å². The van der Waals surface area contributed by atoms with Gasteiger partial charge in [0.1, 0.15) is 5.75 Å². The molecule has 0 radical (unpaired) electrons. The first-order chi connectivity index (χ1) is 10.1. The molecule has 0 aliphatic heterocycles. The number of hydrogen-bond acceptors (Lipinski definition) is 3. The number of benzene rings is 1. The molecule has 1 unspecified atom stereocenters. The second kappa shape index (κ2) is 7.23. The van der Waals surface area contributed by atoms with E-state index in [1.807, 2.05) is 25.3 Å². The van der Waals surface area contributed by atoms with Gasteiger partial charge in [0.2, 0.25) is 0 Å². The second-order valence-electron chi connectivity index (χ2n) is 5.43. The number of ether oxygens (including phenoxy) is 1. The van der Waals surface area contributed by atoms with Gasteiger partial charge >= 0.3 is 0 Å². The zero-order chi connectivity index (χ0) is 15.2. The highest BCUT2D eigenvalue weighted by Crippen LogP contribution is 2.30. The third-order valence-corrected chi connectivity index (χ3v) is 3.25. The molecule has 0 saturated carbocycles. The van der Waals surface area contributed by atoms with E-state index in [1.54, 1.807) is 0 Å². The Bertz CT molecular complexity index is 581. The second-order valence-corrected chi connectivity index (χ2v) is 5.43. The van der Waals surface area contributed by atoms with E-state index in [9.17, 15) is 0 Å². The van der Waals surface area contributed by atoms with Crippen LogP contribution in [-0.4, -0.2) is 17.6 Å². The van der Waals surface area contributed by atoms with Gasteiger partial charge in [-0.15, -0.1) is 0 Å². The fraction of sp³-hybridized carbons (Fsp3) is 0.389. The van der Waals surface area contributed by atoms with Gasteiger partial charge in [0.25, 0.3) is 0 Å². The molecule has 1 N–H and O–H groups in total. The van der Waals surface area contributed by atoms with Crippen molar-refractivity contribution in [3.8, 4) is 5.75 Å². The maximum absolute atomic E-state index is 5.97. The van der Waals surface area contributed by atoms with Gasteiger partial charge in [-0.2, -0.15) is 0 Å². The zero-order valence-corrected chi connectivity index (χ0v) is 13.3. The quantitative estimate of drug-likeness (QED) is 0.874. The number of para-hydroxylation sites is 1. The highest BCUT2D eigenvalue weighted by Gasteiger charge is 2.18. The van der Waals surface area contributed by atoms with Crippen LogP contribution < -0.4 is 10.1 Å². The summed E-state index contributed by atoms with van der Waals surface area (Å²) in [5.74, 6) is 0.938. The van der Waals surface area contributed by atoms with Crippen LogP contribution in [0.3, 0.4) is 0 Å². The van der Waals surface area contributed by atoms with Gasteiger partial charge in [-0.05, 0) is 51.1 Å². The maximum Gasteiger partial charge on any atom is 0.124 e. The average Bonchev–Trinajstić information content (AvgIpc) is 2.45. The number of aromatic nitrogens is 1. The van der Waals surface area contributed by atoms with Crippen LogP contribution in [0.5, 0.6) is 5.75 Å². The lowest BCUT2D eigenvalue weighted by Gasteiger charge is -2.23. The lowest BCUT2D eigenvalue weighted by molar-refractivity contribution is 0.238. The Morgan fingerprint density at radius 2 is 1.95 bits per heavy atom. The number of pyridine rings is 1. The molecule has 1 atom stereocenters. The SMILES string of the molecule is CCNC(c1ccnc(C)c1)c1ccccc1OC(C)C. The van der Waals surface area contributed by atoms with Gasteiger partial charge in [0.15, 0.2) is 0 Å². The van der Waals surface area contributed by atoms with Crippen LogP contribution in [-0.2, 0) is 0 Å². The zero-order valence-electron chi connectivity index (χ0n) is 13.3. The molecule has 112 valence electrons. The minimum absolute atomic E-state index is 0.117. The minimum atomic E-state index is 0.117. The summed E-state index contributed by atoms with van der Waals surface area (Å²) in [6, 6.07) is 12.5. The van der Waals surface area contributed by atoms with Crippen LogP contribution in [0.2, 0.25) is 0 Å². The molecule has 2 rings (SSSR count). The third kappa shape index (κ3) is 4.05. The first-order valence-corrected chi connectivity index (χ1v) is 7.53. The number of nitrogens with zero attached hydrogens (tertiary/aromatic N) is 1. The highest BCUT2D eigenvalue weighted by molar-refractivity contribution is 5.41. The fourth-order valence-corrected chi connectivity index (χ4v) is 2.44. The van der Waals surface area contributed by atoms with E-state index in [0.29, 0.717) is 0 Å². The van der Waals surface area contributed by atoms with Crippen molar-refractivity contribution in [3.63, 3.8) is 0 Å². The first kappa shape index (κ1) is 15.5. The van der Waals surface area contributed by atoms with Crippen LogP contribution in [0.1, 0.15) is 43.6 Å². The smallest absolute Gasteiger partial charge is 0.124 e. The Morgan fingerprint density at radius 3 is 2.62 bits per heavy atom. The molecule has 0 bridgehead atoms. The summed E-state index contributed by atoms with van der Waals surface area (Å²) in [5, 5.41) is 3.55. The Labute approximate surface area is 127 Å². The molecule has 1 aromatic heterocycles. The summed E-state index contributed by atoms with van der Waals surface area (Å²) in [7, 11) is 0. The first-order valence-electron chi connectivity index (χ1n) is 7.53. The number of rotatable bonds is 6. The lowest BCUT2D eigenvalue weighted by atomic mass is 9.98. The van der Waals surface area contributed by atoms with Gasteiger partial charge in [-0.25, -0.2) is 0 Å². The van der Waals surface area contributed by atoms with Gasteiger partial charge < -0.3 is 10.1 Å². The van der Waals surface area contributed by atoms with Crippen LogP contribution >= 0.6 is 0 Å². The van der Waals surface area contributed by atoms with Gasteiger partial charge in [0.05, 0.1) is 12.1 Å². The molecule has 21 heavy (non-hydrogen) atoms. The summed E-state index contributed by atoms with van der Waals surface area (Å²) in [6.45, 7) is 9.13. The monoisotopic (exact) mass is 284 g/mol. The molecule has 1 heterocycles. The summed E-state index contributed by atoms with van der Waals surface area (Å²) < 4.78 is 5.97. The minimum Gasteiger partial charge on any atom is -0.491 e. The molecule has 3 nitrogen and oxygen atoms in total. The van der Waals surface area contributed by atoms with Crippen molar-refractivity contribution in [2.24, 2.45) is 0 Å². The summed E-state index contributed by atoms with van der Waals surface area (Å²) in [4.78, 5) is 4.29. The van der Waals surface area contributed by atoms with Crippen molar-refractivity contribution >= 4 is 0 Å². The van der Waals surface area contributed by atoms with Crippen molar-refractivity contribution in [3.05, 3.63) is 59.4 Å². The fourth-order valence-electron chi connectivity index (χ4n) is 2.44. The molecular weight excluding hydrogens is 260 g/mol. The van der Waals surface area contributed by atoms with Crippen LogP contribution in [0.25, 0.3) is 0 Å². The average molecular weight is 284 g/mol. The Balaban J connectivity index is 2.43. The summed E-state index contributed by atoms with van der Waals surface area (Å²) in [6.07, 6.45) is 2.02. The van der Waals surface area contributed by atoms with Crippen LogP contribution in [0, 0.1) is 6.92 Å². The molecule has 0 fully saturated rings. The molecular formula is C18H24N2O. The topological polar surface area (TPSA) is 34.2 Å². The predicted octanol–water partition coefficient (Wildman–Crippen LogP) is 3.88. The van der Waals surface area contributed by atoms with Gasteiger partial charge in [-0.1, -0.05) is 25.1 Å². The van der Waals surface area contributed by atoms with E-state index in [2.05, 4.69) is 55.3 Å². The molecule has 1 aromatic carbocycles. The third-order valence-electron chi connectivity index (χ3n) is 3.25. The molecule has 0 saturated heterocycles. The number of aryl methyl sites for hydroxylation is 1. The van der Waals surface area contributed by atoms with Crippen molar-refractivity contribution in [1.29, 1.82) is 0 Å². The Morgan fingerprint density at radius 1 is 1.19 bits per heavy atom. The van der Waals surface area contributed by atoms with E-state index < -0.39 is 0 Å². The molecule has 0 amide bonds. The van der Waals surface area contributed by atoms with E-state index in [-0.39, 0.29) is 12.1 Å². The number of nitrogens with one attached hydrogen (secondary N) is 1. The Hall–Kier alpha value is -1.87. The lowest BCUT2D eigenvalue weighted by Crippen LogP contribution is -2.23. The van der Waals surface area contributed by atoms with Crippen molar-refractivity contribution in [1.82, 2.24) is 10.3 Å². The summed E-state index contributed by atoms with van der Waals surface area (Å²) >= 11 is 0. The maximum atomic E-state index is 5.97. The van der Waals surface area contributed by atoms with Gasteiger partial charge in [-0.3, -0.25) is 4.98 Å². The molecule has 2 aromatic rings. The highest BCUT2D eigenvalue weighted by atomic mass is 16.5. The largest absolute Gasteiger partial charge is 0.491 e. The molecule has 0 aliphatic carbocycles. The van der Waals surface area contributed by atoms with E-state index in [4.69, 9.17) is 4.74 Å². The van der Waals surface area contributed by atoms with E-state index >= 15 is 0 Å². The molecule has 0 aliphatic rings. The van der Waals surface area contributed by atoms with E-state index in [1.165, 1.54) is 11.1 Å². The van der Waals surface area contributed by atoms with Crippen molar-refractivity contribution < 1.29 is 4.74 Å². The molecule has 3 heteroatoms. The van der Waals surface area contributed by atoms with Crippen LogP contribution in [0.15, 0.2) is 42.6 Å². The Kier molecular flexibility index (Phi) is 5.34. The standard InChI is InChI=1S/C18H24N2O/c1-5-19-18(15-10-11-20-14(4)12-15)16-8-6-7-9-17(16)21-13(2)3/h6-13,18-19H,5H2,1-4H3.